The third kappa shape index (κ3) is 7.45. The van der Waals surface area contributed by atoms with Crippen LogP contribution >= 0.6 is 0 Å². The number of aryl methyl sites for hydroxylation is 2. The Hall–Kier alpha value is -0.940. The number of benzene rings is 1. The number of ether oxygens (including phenoxy) is 2. The molecule has 1 aromatic carbocycles. The van der Waals surface area contributed by atoms with Crippen LogP contribution < -0.4 is 0 Å². The van der Waals surface area contributed by atoms with E-state index in [2.05, 4.69) is 50.8 Å². The fraction of sp³-hybridized carbons (Fsp3) is 0.714. The highest BCUT2D eigenvalue weighted by atomic mass is 16.5. The first-order valence-corrected chi connectivity index (χ1v) is 9.60. The van der Waals surface area contributed by atoms with Crippen molar-refractivity contribution in [1.82, 2.24) is 4.90 Å². The van der Waals surface area contributed by atoms with Crippen molar-refractivity contribution in [3.05, 3.63) is 34.9 Å². The SMILES string of the molecule is Cc1ccc(CN(CC(O)COCC(C)C)CC2CCCO2)c(C)c1. The maximum atomic E-state index is 10.4. The van der Waals surface area contributed by atoms with Gasteiger partial charge in [-0.05, 0) is 43.7 Å². The molecule has 25 heavy (non-hydrogen) atoms. The molecule has 0 aliphatic carbocycles. The molecule has 0 amide bonds. The Morgan fingerprint density at radius 1 is 1.28 bits per heavy atom. The van der Waals surface area contributed by atoms with Crippen LogP contribution in [0.3, 0.4) is 0 Å². The van der Waals surface area contributed by atoms with Gasteiger partial charge in [0, 0.05) is 32.8 Å². The van der Waals surface area contributed by atoms with E-state index in [4.69, 9.17) is 9.47 Å². The van der Waals surface area contributed by atoms with Gasteiger partial charge in [0.2, 0.25) is 0 Å². The van der Waals surface area contributed by atoms with Gasteiger partial charge in [-0.3, -0.25) is 4.90 Å². The van der Waals surface area contributed by atoms with Gasteiger partial charge in [-0.2, -0.15) is 0 Å². The van der Waals surface area contributed by atoms with Crippen LogP contribution in [0.15, 0.2) is 18.2 Å². The lowest BCUT2D eigenvalue weighted by molar-refractivity contribution is -0.00394. The van der Waals surface area contributed by atoms with E-state index in [-0.39, 0.29) is 6.10 Å². The number of hydrogen-bond donors (Lipinski definition) is 1. The highest BCUT2D eigenvalue weighted by molar-refractivity contribution is 5.30. The predicted molar refractivity (Wildman–Crippen MR) is 102 cm³/mol. The zero-order valence-electron chi connectivity index (χ0n) is 16.3. The molecule has 1 heterocycles. The number of rotatable bonds is 10. The van der Waals surface area contributed by atoms with Gasteiger partial charge in [0.05, 0.1) is 18.8 Å². The monoisotopic (exact) mass is 349 g/mol. The molecule has 142 valence electrons. The third-order valence-corrected chi connectivity index (χ3v) is 4.61. The summed E-state index contributed by atoms with van der Waals surface area (Å²) in [5.41, 5.74) is 3.91. The number of aliphatic hydroxyl groups excluding tert-OH is 1. The lowest BCUT2D eigenvalue weighted by atomic mass is 10.0. The molecule has 1 aliphatic rings. The molecule has 1 fully saturated rings. The molecule has 1 aliphatic heterocycles. The van der Waals surface area contributed by atoms with Gasteiger partial charge in [-0.25, -0.2) is 0 Å². The van der Waals surface area contributed by atoms with Crippen molar-refractivity contribution < 1.29 is 14.6 Å². The van der Waals surface area contributed by atoms with Gasteiger partial charge in [0.25, 0.3) is 0 Å². The Morgan fingerprint density at radius 2 is 2.08 bits per heavy atom. The summed E-state index contributed by atoms with van der Waals surface area (Å²) in [7, 11) is 0. The molecule has 2 rings (SSSR count). The van der Waals surface area contributed by atoms with Gasteiger partial charge in [0.1, 0.15) is 0 Å². The minimum Gasteiger partial charge on any atom is -0.389 e. The van der Waals surface area contributed by atoms with E-state index in [1.807, 2.05) is 0 Å². The molecule has 0 spiro atoms. The van der Waals surface area contributed by atoms with Gasteiger partial charge < -0.3 is 14.6 Å². The first kappa shape index (κ1) is 20.4. The van der Waals surface area contributed by atoms with Crippen LogP contribution in [0.5, 0.6) is 0 Å². The molecule has 4 heteroatoms. The molecule has 0 radical (unpaired) electrons. The van der Waals surface area contributed by atoms with Crippen molar-refractivity contribution in [3.8, 4) is 0 Å². The summed E-state index contributed by atoms with van der Waals surface area (Å²) in [5, 5.41) is 10.4. The third-order valence-electron chi connectivity index (χ3n) is 4.61. The summed E-state index contributed by atoms with van der Waals surface area (Å²) in [6.45, 7) is 12.8. The summed E-state index contributed by atoms with van der Waals surface area (Å²) < 4.78 is 11.4. The van der Waals surface area contributed by atoms with Gasteiger partial charge >= 0.3 is 0 Å². The Bertz CT molecular complexity index is 512. The Morgan fingerprint density at radius 3 is 2.72 bits per heavy atom. The highest BCUT2D eigenvalue weighted by Crippen LogP contribution is 2.18. The number of hydrogen-bond acceptors (Lipinski definition) is 4. The second-order valence-corrected chi connectivity index (χ2v) is 7.84. The van der Waals surface area contributed by atoms with Crippen molar-refractivity contribution in [1.29, 1.82) is 0 Å². The van der Waals surface area contributed by atoms with Crippen LogP contribution in [0.2, 0.25) is 0 Å². The minimum absolute atomic E-state index is 0.287. The van der Waals surface area contributed by atoms with E-state index in [1.165, 1.54) is 16.7 Å². The Labute approximate surface area is 153 Å². The van der Waals surface area contributed by atoms with Crippen LogP contribution in [0.25, 0.3) is 0 Å². The van der Waals surface area contributed by atoms with Crippen molar-refractivity contribution >= 4 is 0 Å². The smallest absolute Gasteiger partial charge is 0.0900 e. The maximum absolute atomic E-state index is 10.4. The Kier molecular flexibility index (Phi) is 8.37. The topological polar surface area (TPSA) is 41.9 Å². The predicted octanol–water partition coefficient (Wildman–Crippen LogP) is 3.32. The van der Waals surface area contributed by atoms with Crippen molar-refractivity contribution in [2.45, 2.75) is 59.3 Å². The summed E-state index contributed by atoms with van der Waals surface area (Å²) in [5.74, 6) is 0.491. The summed E-state index contributed by atoms with van der Waals surface area (Å²) in [6, 6.07) is 6.59. The Balaban J connectivity index is 1.94. The van der Waals surface area contributed by atoms with Crippen LogP contribution in [0, 0.1) is 19.8 Å². The van der Waals surface area contributed by atoms with Crippen LogP contribution in [-0.2, 0) is 16.0 Å². The quantitative estimate of drug-likeness (QED) is 0.704. The lowest BCUT2D eigenvalue weighted by Crippen LogP contribution is -2.39. The number of nitrogens with zero attached hydrogens (tertiary/aromatic N) is 1. The average molecular weight is 350 g/mol. The molecule has 2 unspecified atom stereocenters. The molecule has 4 nitrogen and oxygen atoms in total. The van der Waals surface area contributed by atoms with E-state index in [9.17, 15) is 5.11 Å². The molecule has 0 bridgehead atoms. The molecule has 2 atom stereocenters. The lowest BCUT2D eigenvalue weighted by Gasteiger charge is -2.28. The minimum atomic E-state index is -0.467. The van der Waals surface area contributed by atoms with Gasteiger partial charge in [-0.1, -0.05) is 37.6 Å². The molecule has 1 saturated heterocycles. The molecule has 1 N–H and O–H groups in total. The largest absolute Gasteiger partial charge is 0.389 e. The summed E-state index contributed by atoms with van der Waals surface area (Å²) >= 11 is 0. The van der Waals surface area contributed by atoms with E-state index < -0.39 is 6.10 Å². The van der Waals surface area contributed by atoms with E-state index in [0.717, 1.165) is 32.5 Å². The van der Waals surface area contributed by atoms with Gasteiger partial charge in [0.15, 0.2) is 0 Å². The summed E-state index contributed by atoms with van der Waals surface area (Å²) in [4.78, 5) is 2.32. The van der Waals surface area contributed by atoms with E-state index in [0.29, 0.717) is 25.7 Å². The zero-order chi connectivity index (χ0) is 18.2. The van der Waals surface area contributed by atoms with Gasteiger partial charge in [-0.15, -0.1) is 0 Å². The second kappa shape index (κ2) is 10.3. The van der Waals surface area contributed by atoms with Crippen LogP contribution in [0.4, 0.5) is 0 Å². The van der Waals surface area contributed by atoms with E-state index >= 15 is 0 Å². The maximum Gasteiger partial charge on any atom is 0.0900 e. The van der Waals surface area contributed by atoms with Crippen LogP contribution in [0.1, 0.15) is 43.4 Å². The standard InChI is InChI=1S/C21H35NO3/c1-16(2)14-24-15-20(23)12-22(13-21-6-5-9-25-21)11-19-8-7-17(3)10-18(19)4/h7-8,10,16,20-21,23H,5-6,9,11-15H2,1-4H3. The first-order valence-electron chi connectivity index (χ1n) is 9.60. The molecular weight excluding hydrogens is 314 g/mol. The fourth-order valence-electron chi connectivity index (χ4n) is 3.33. The molecule has 1 aromatic rings. The van der Waals surface area contributed by atoms with E-state index in [1.54, 1.807) is 0 Å². The number of aliphatic hydroxyl groups is 1. The van der Waals surface area contributed by atoms with Crippen LogP contribution in [-0.4, -0.2) is 55.1 Å². The van der Waals surface area contributed by atoms with Crippen molar-refractivity contribution in [2.75, 3.05) is 32.9 Å². The molecule has 0 aromatic heterocycles. The normalized spacial score (nSPS) is 19.1. The summed E-state index contributed by atoms with van der Waals surface area (Å²) in [6.07, 6.45) is 2.08. The molecule has 0 saturated carbocycles. The van der Waals surface area contributed by atoms with Crippen molar-refractivity contribution in [3.63, 3.8) is 0 Å². The fourth-order valence-corrected chi connectivity index (χ4v) is 3.33. The zero-order valence-corrected chi connectivity index (χ0v) is 16.3. The average Bonchev–Trinajstić information content (AvgIpc) is 3.02. The first-order chi connectivity index (χ1) is 11.9. The highest BCUT2D eigenvalue weighted by Gasteiger charge is 2.21. The van der Waals surface area contributed by atoms with Crippen molar-refractivity contribution in [2.24, 2.45) is 5.92 Å². The molecular formula is C21H35NO3. The second-order valence-electron chi connectivity index (χ2n) is 7.84.